The van der Waals surface area contributed by atoms with Crippen LogP contribution in [0.2, 0.25) is 0 Å². The minimum atomic E-state index is -0.538. The number of esters is 2. The number of hydrogen-bond donors (Lipinski definition) is 0. The molecule has 0 amide bonds. The van der Waals surface area contributed by atoms with Gasteiger partial charge in [-0.1, -0.05) is 6.07 Å². The first-order valence-corrected chi connectivity index (χ1v) is 6.54. The van der Waals surface area contributed by atoms with Gasteiger partial charge in [-0.2, -0.15) is 0 Å². The molecule has 3 rings (SSSR count). The lowest BCUT2D eigenvalue weighted by atomic mass is 10.1. The summed E-state index contributed by atoms with van der Waals surface area (Å²) in [7, 11) is 2.61. The fourth-order valence-corrected chi connectivity index (χ4v) is 2.99. The van der Waals surface area contributed by atoms with Crippen LogP contribution in [-0.4, -0.2) is 30.6 Å². The van der Waals surface area contributed by atoms with Crippen LogP contribution < -0.4 is 0 Å². The highest BCUT2D eigenvalue weighted by atomic mass is 16.5. The van der Waals surface area contributed by atoms with Crippen LogP contribution in [0.15, 0.2) is 18.2 Å². The molecule has 0 unspecified atom stereocenters. The van der Waals surface area contributed by atoms with Crippen molar-refractivity contribution in [3.05, 3.63) is 40.5 Å². The SMILES string of the molecule is COC(=O)c1c(C(=O)OC)c2c(C)cc(C)c3ccc1n32. The van der Waals surface area contributed by atoms with Gasteiger partial charge in [-0.25, -0.2) is 9.59 Å². The summed E-state index contributed by atoms with van der Waals surface area (Å²) in [6, 6.07) is 5.76. The van der Waals surface area contributed by atoms with Crippen LogP contribution >= 0.6 is 0 Å². The Kier molecular flexibility index (Phi) is 2.86. The van der Waals surface area contributed by atoms with Crippen molar-refractivity contribution < 1.29 is 19.1 Å². The number of rotatable bonds is 2. The number of carbonyl (C=O) groups is 2. The van der Waals surface area contributed by atoms with E-state index in [1.165, 1.54) is 14.2 Å². The molecule has 0 aliphatic heterocycles. The second-order valence-corrected chi connectivity index (χ2v) is 5.03. The summed E-state index contributed by atoms with van der Waals surface area (Å²) >= 11 is 0. The van der Waals surface area contributed by atoms with Crippen molar-refractivity contribution in [3.63, 3.8) is 0 Å². The van der Waals surface area contributed by atoms with Crippen molar-refractivity contribution in [2.45, 2.75) is 13.8 Å². The third-order valence-corrected chi connectivity index (χ3v) is 3.84. The van der Waals surface area contributed by atoms with Gasteiger partial charge in [0.2, 0.25) is 0 Å². The standard InChI is InChI=1S/C16H15NO4/c1-8-7-9(2)14-13(16(19)21-4)12(15(18)20-3)11-6-5-10(8)17(11)14/h5-7H,1-4H3. The van der Waals surface area contributed by atoms with Gasteiger partial charge >= 0.3 is 11.9 Å². The first kappa shape index (κ1) is 13.4. The molecule has 0 atom stereocenters. The zero-order valence-corrected chi connectivity index (χ0v) is 12.3. The molecule has 3 aromatic rings. The topological polar surface area (TPSA) is 57.0 Å². The fourth-order valence-electron chi connectivity index (χ4n) is 2.99. The summed E-state index contributed by atoms with van der Waals surface area (Å²) in [4.78, 5) is 24.3. The summed E-state index contributed by atoms with van der Waals surface area (Å²) < 4.78 is 11.6. The third-order valence-electron chi connectivity index (χ3n) is 3.84. The smallest absolute Gasteiger partial charge is 0.340 e. The predicted octanol–water partition coefficient (Wildman–Crippen LogP) is 2.72. The lowest BCUT2D eigenvalue weighted by molar-refractivity contribution is 0.0559. The number of hydrogen-bond acceptors (Lipinski definition) is 4. The summed E-state index contributed by atoms with van der Waals surface area (Å²) in [5.41, 5.74) is 4.85. The van der Waals surface area contributed by atoms with Gasteiger partial charge < -0.3 is 13.9 Å². The molecule has 5 heteroatoms. The molecule has 0 bridgehead atoms. The Labute approximate surface area is 121 Å². The highest BCUT2D eigenvalue weighted by Gasteiger charge is 2.29. The summed E-state index contributed by atoms with van der Waals surface area (Å²) in [6.45, 7) is 3.91. The summed E-state index contributed by atoms with van der Waals surface area (Å²) in [6.07, 6.45) is 0. The van der Waals surface area contributed by atoms with E-state index in [4.69, 9.17) is 9.47 Å². The van der Waals surface area contributed by atoms with E-state index in [2.05, 4.69) is 0 Å². The van der Waals surface area contributed by atoms with E-state index in [1.807, 2.05) is 36.4 Å². The van der Waals surface area contributed by atoms with Crippen molar-refractivity contribution in [1.29, 1.82) is 0 Å². The Bertz CT molecular complexity index is 875. The van der Waals surface area contributed by atoms with Crippen LogP contribution in [0.4, 0.5) is 0 Å². The number of pyridine rings is 1. The molecule has 0 aliphatic carbocycles. The molecule has 3 heterocycles. The largest absolute Gasteiger partial charge is 0.465 e. The lowest BCUT2D eigenvalue weighted by Gasteiger charge is -2.06. The van der Waals surface area contributed by atoms with E-state index in [0.29, 0.717) is 11.0 Å². The molecular weight excluding hydrogens is 270 g/mol. The minimum Gasteiger partial charge on any atom is -0.465 e. The van der Waals surface area contributed by atoms with Gasteiger partial charge in [0.15, 0.2) is 0 Å². The maximum atomic E-state index is 12.2. The Morgan fingerprint density at radius 1 is 0.905 bits per heavy atom. The zero-order chi connectivity index (χ0) is 15.3. The molecule has 0 N–H and O–H groups in total. The van der Waals surface area contributed by atoms with Gasteiger partial charge in [-0.05, 0) is 37.1 Å². The number of methoxy groups -OCH3 is 2. The second-order valence-electron chi connectivity index (χ2n) is 5.03. The van der Waals surface area contributed by atoms with Gasteiger partial charge in [0.05, 0.1) is 25.3 Å². The monoisotopic (exact) mass is 285 g/mol. The highest BCUT2D eigenvalue weighted by molar-refractivity contribution is 6.15. The van der Waals surface area contributed by atoms with Gasteiger partial charge in [0.25, 0.3) is 0 Å². The average molecular weight is 285 g/mol. The average Bonchev–Trinajstić information content (AvgIpc) is 3.02. The van der Waals surface area contributed by atoms with Crippen LogP contribution in [0.25, 0.3) is 16.6 Å². The zero-order valence-electron chi connectivity index (χ0n) is 12.3. The highest BCUT2D eigenvalue weighted by Crippen LogP contribution is 2.33. The number of ether oxygens (including phenoxy) is 2. The first-order valence-electron chi connectivity index (χ1n) is 6.54. The molecule has 0 aliphatic rings. The van der Waals surface area contributed by atoms with Gasteiger partial charge in [0, 0.05) is 5.52 Å². The van der Waals surface area contributed by atoms with Gasteiger partial charge in [-0.3, -0.25) is 0 Å². The molecule has 0 saturated heterocycles. The predicted molar refractivity (Wildman–Crippen MR) is 78.2 cm³/mol. The molecule has 0 fully saturated rings. The van der Waals surface area contributed by atoms with Crippen molar-refractivity contribution in [1.82, 2.24) is 4.40 Å². The van der Waals surface area contributed by atoms with Crippen molar-refractivity contribution in [2.24, 2.45) is 0 Å². The van der Waals surface area contributed by atoms with Crippen LogP contribution in [0, 0.1) is 13.8 Å². The van der Waals surface area contributed by atoms with E-state index >= 15 is 0 Å². The molecule has 0 radical (unpaired) electrons. The summed E-state index contributed by atoms with van der Waals surface area (Å²) in [5, 5.41) is 0. The van der Waals surface area contributed by atoms with Crippen LogP contribution in [0.3, 0.4) is 0 Å². The van der Waals surface area contributed by atoms with Gasteiger partial charge in [-0.15, -0.1) is 0 Å². The Balaban J connectivity index is 2.57. The second kappa shape index (κ2) is 4.48. The van der Waals surface area contributed by atoms with Crippen LogP contribution in [-0.2, 0) is 9.47 Å². The maximum absolute atomic E-state index is 12.2. The van der Waals surface area contributed by atoms with E-state index < -0.39 is 11.9 Å². The van der Waals surface area contributed by atoms with Crippen LogP contribution in [0.1, 0.15) is 31.8 Å². The van der Waals surface area contributed by atoms with Crippen LogP contribution in [0.5, 0.6) is 0 Å². The molecule has 0 aromatic carbocycles. The quantitative estimate of drug-likeness (QED) is 0.679. The first-order chi connectivity index (χ1) is 10.0. The van der Waals surface area contributed by atoms with Crippen molar-refractivity contribution >= 4 is 28.5 Å². The molecule has 3 aromatic heterocycles. The number of carbonyl (C=O) groups excluding carboxylic acids is 2. The van der Waals surface area contributed by atoms with E-state index in [0.717, 1.165) is 16.6 Å². The Hall–Kier alpha value is -2.56. The summed E-state index contributed by atoms with van der Waals surface area (Å²) in [5.74, 6) is -1.07. The fraction of sp³-hybridized carbons (Fsp3) is 0.250. The Morgan fingerprint density at radius 3 is 2.10 bits per heavy atom. The number of aryl methyl sites for hydroxylation is 2. The van der Waals surface area contributed by atoms with E-state index in [1.54, 1.807) is 0 Å². The molecule has 0 spiro atoms. The normalized spacial score (nSPS) is 11.2. The van der Waals surface area contributed by atoms with Crippen molar-refractivity contribution in [2.75, 3.05) is 14.2 Å². The number of nitrogens with zero attached hydrogens (tertiary/aromatic N) is 1. The lowest BCUT2D eigenvalue weighted by Crippen LogP contribution is -2.10. The van der Waals surface area contributed by atoms with Crippen molar-refractivity contribution in [3.8, 4) is 0 Å². The molecule has 5 nitrogen and oxygen atoms in total. The van der Waals surface area contributed by atoms with E-state index in [-0.39, 0.29) is 11.1 Å². The molecular formula is C16H15NO4. The molecule has 108 valence electrons. The van der Waals surface area contributed by atoms with Gasteiger partial charge in [0.1, 0.15) is 11.1 Å². The third kappa shape index (κ3) is 1.63. The maximum Gasteiger partial charge on any atom is 0.340 e. The van der Waals surface area contributed by atoms with E-state index in [9.17, 15) is 9.59 Å². The minimum absolute atomic E-state index is 0.257. The molecule has 0 saturated carbocycles. The molecule has 21 heavy (non-hydrogen) atoms. The Morgan fingerprint density at radius 2 is 1.48 bits per heavy atom. The number of aromatic nitrogens is 1.